The van der Waals surface area contributed by atoms with Gasteiger partial charge in [-0.25, -0.2) is 4.98 Å². The lowest BCUT2D eigenvalue weighted by Crippen LogP contribution is -2.16. The molecule has 0 saturated carbocycles. The van der Waals surface area contributed by atoms with E-state index in [1.807, 2.05) is 29.2 Å². The topological polar surface area (TPSA) is 17.8 Å². The Morgan fingerprint density at radius 1 is 1.46 bits per heavy atom. The van der Waals surface area contributed by atoms with Gasteiger partial charge in [0.25, 0.3) is 0 Å². The van der Waals surface area contributed by atoms with Gasteiger partial charge in [-0.1, -0.05) is 33.4 Å². The largest absolute Gasteiger partial charge is 0.310 e. The molecule has 1 rings (SSSR count). The molecule has 0 N–H and O–H groups in total. The molecule has 2 nitrogen and oxygen atoms in total. The third-order valence-electron chi connectivity index (χ3n) is 1.72. The van der Waals surface area contributed by atoms with Gasteiger partial charge in [-0.15, -0.1) is 0 Å². The van der Waals surface area contributed by atoms with Crippen molar-refractivity contribution in [1.82, 2.24) is 9.55 Å². The van der Waals surface area contributed by atoms with Gasteiger partial charge in [-0.3, -0.25) is 0 Å². The minimum atomic E-state index is 0.0784. The number of rotatable bonds is 2. The molecule has 70 valence electrons. The maximum atomic E-state index is 4.32. The Morgan fingerprint density at radius 3 is 2.69 bits per heavy atom. The predicted octanol–water partition coefficient (Wildman–Crippen LogP) is 2.84. The van der Waals surface area contributed by atoms with Crippen LogP contribution in [0.25, 0.3) is 6.20 Å². The third-order valence-corrected chi connectivity index (χ3v) is 1.72. The van der Waals surface area contributed by atoms with E-state index in [0.29, 0.717) is 0 Å². The number of imidazole rings is 1. The zero-order chi connectivity index (χ0) is 9.90. The summed E-state index contributed by atoms with van der Waals surface area (Å²) in [6.07, 6.45) is 9.37. The molecule has 0 aromatic carbocycles. The van der Waals surface area contributed by atoms with Crippen molar-refractivity contribution in [3.8, 4) is 0 Å². The minimum absolute atomic E-state index is 0.0784. The molecule has 0 atom stereocenters. The van der Waals surface area contributed by atoms with Crippen molar-refractivity contribution >= 4 is 6.20 Å². The van der Waals surface area contributed by atoms with Gasteiger partial charge in [0.15, 0.2) is 0 Å². The van der Waals surface area contributed by atoms with E-state index in [0.717, 1.165) is 5.82 Å². The second kappa shape index (κ2) is 3.60. The molecule has 2 heteroatoms. The zero-order valence-electron chi connectivity index (χ0n) is 8.49. The van der Waals surface area contributed by atoms with E-state index in [-0.39, 0.29) is 5.41 Å². The summed E-state index contributed by atoms with van der Waals surface area (Å²) in [5.41, 5.74) is 0.0784. The van der Waals surface area contributed by atoms with Gasteiger partial charge in [0.1, 0.15) is 5.82 Å². The highest BCUT2D eigenvalue weighted by Crippen LogP contribution is 2.20. The molecule has 0 amide bonds. The second-order valence-corrected chi connectivity index (χ2v) is 3.99. The van der Waals surface area contributed by atoms with Crippen molar-refractivity contribution in [2.75, 3.05) is 0 Å². The highest BCUT2D eigenvalue weighted by molar-refractivity contribution is 5.30. The summed E-state index contributed by atoms with van der Waals surface area (Å²) in [4.78, 5) is 4.32. The molecule has 1 heterocycles. The minimum Gasteiger partial charge on any atom is -0.310 e. The van der Waals surface area contributed by atoms with Crippen molar-refractivity contribution in [3.63, 3.8) is 0 Å². The van der Waals surface area contributed by atoms with Crippen LogP contribution in [0.1, 0.15) is 26.6 Å². The molecule has 1 aromatic heterocycles. The molecule has 0 unspecified atom stereocenters. The predicted molar refractivity (Wildman–Crippen MR) is 56.5 cm³/mol. The fourth-order valence-electron chi connectivity index (χ4n) is 1.17. The standard InChI is InChI=1S/C11H16N2/c1-5-6-8-13-9-7-12-10(13)11(2,3)4/h5-9H,1H2,2-4H3/b8-6-. The number of hydrogen-bond acceptors (Lipinski definition) is 1. The first-order valence-electron chi connectivity index (χ1n) is 4.38. The molecule has 0 aliphatic heterocycles. The highest BCUT2D eigenvalue weighted by Gasteiger charge is 2.18. The van der Waals surface area contributed by atoms with E-state index in [9.17, 15) is 0 Å². The SMILES string of the molecule is C=C/C=C\n1ccnc1C(C)(C)C. The monoisotopic (exact) mass is 176 g/mol. The molecule has 0 saturated heterocycles. The van der Waals surface area contributed by atoms with E-state index in [1.54, 1.807) is 6.08 Å². The smallest absolute Gasteiger partial charge is 0.118 e. The maximum absolute atomic E-state index is 4.32. The summed E-state index contributed by atoms with van der Waals surface area (Å²) in [6.45, 7) is 10.1. The second-order valence-electron chi connectivity index (χ2n) is 3.99. The Labute approximate surface area is 79.6 Å². The maximum Gasteiger partial charge on any atom is 0.118 e. The van der Waals surface area contributed by atoms with Crippen molar-refractivity contribution < 1.29 is 0 Å². The highest BCUT2D eigenvalue weighted by atomic mass is 15.1. The van der Waals surface area contributed by atoms with Crippen LogP contribution < -0.4 is 0 Å². The van der Waals surface area contributed by atoms with Crippen LogP contribution in [0, 0.1) is 0 Å². The third kappa shape index (κ3) is 2.31. The average molecular weight is 176 g/mol. The van der Waals surface area contributed by atoms with Crippen molar-refractivity contribution in [2.24, 2.45) is 0 Å². The molecule has 13 heavy (non-hydrogen) atoms. The van der Waals surface area contributed by atoms with Crippen LogP contribution in [0.4, 0.5) is 0 Å². The van der Waals surface area contributed by atoms with Gasteiger partial charge in [0.2, 0.25) is 0 Å². The summed E-state index contributed by atoms with van der Waals surface area (Å²) < 4.78 is 2.02. The lowest BCUT2D eigenvalue weighted by Gasteiger charge is -2.17. The molecule has 0 aliphatic carbocycles. The van der Waals surface area contributed by atoms with Crippen molar-refractivity contribution in [3.05, 3.63) is 36.9 Å². The lowest BCUT2D eigenvalue weighted by molar-refractivity contribution is 0.540. The molecular formula is C11H16N2. The van der Waals surface area contributed by atoms with Crippen LogP contribution in [0.15, 0.2) is 31.1 Å². The molecular weight excluding hydrogens is 160 g/mol. The molecule has 0 aliphatic rings. The summed E-state index contributed by atoms with van der Waals surface area (Å²) in [5, 5.41) is 0. The van der Waals surface area contributed by atoms with Gasteiger partial charge in [0.05, 0.1) is 0 Å². The summed E-state index contributed by atoms with van der Waals surface area (Å²) in [5.74, 6) is 1.06. The van der Waals surface area contributed by atoms with Crippen LogP contribution in [-0.2, 0) is 5.41 Å². The average Bonchev–Trinajstić information content (AvgIpc) is 2.47. The van der Waals surface area contributed by atoms with Gasteiger partial charge < -0.3 is 4.57 Å². The summed E-state index contributed by atoms with van der Waals surface area (Å²) in [7, 11) is 0. The molecule has 0 radical (unpaired) electrons. The van der Waals surface area contributed by atoms with E-state index in [2.05, 4.69) is 32.3 Å². The van der Waals surface area contributed by atoms with Gasteiger partial charge in [0, 0.05) is 24.0 Å². The van der Waals surface area contributed by atoms with Crippen LogP contribution in [-0.4, -0.2) is 9.55 Å². The van der Waals surface area contributed by atoms with E-state index in [1.165, 1.54) is 0 Å². The number of allylic oxidation sites excluding steroid dienone is 2. The summed E-state index contributed by atoms with van der Waals surface area (Å²) >= 11 is 0. The Bertz CT molecular complexity index is 313. The Balaban J connectivity index is 3.03. The molecule has 0 bridgehead atoms. The first-order valence-corrected chi connectivity index (χ1v) is 4.38. The Kier molecular flexibility index (Phi) is 2.71. The van der Waals surface area contributed by atoms with Crippen molar-refractivity contribution in [2.45, 2.75) is 26.2 Å². The molecule has 0 fully saturated rings. The van der Waals surface area contributed by atoms with Crippen LogP contribution in [0.3, 0.4) is 0 Å². The first-order chi connectivity index (χ1) is 6.05. The fraction of sp³-hybridized carbons (Fsp3) is 0.364. The van der Waals surface area contributed by atoms with E-state index in [4.69, 9.17) is 0 Å². The Morgan fingerprint density at radius 2 is 2.15 bits per heavy atom. The normalized spacial score (nSPS) is 12.2. The van der Waals surface area contributed by atoms with Gasteiger partial charge in [-0.05, 0) is 6.08 Å². The van der Waals surface area contributed by atoms with Gasteiger partial charge in [-0.2, -0.15) is 0 Å². The summed E-state index contributed by atoms with van der Waals surface area (Å²) in [6, 6.07) is 0. The number of nitrogens with zero attached hydrogens (tertiary/aromatic N) is 2. The van der Waals surface area contributed by atoms with E-state index < -0.39 is 0 Å². The van der Waals surface area contributed by atoms with Crippen molar-refractivity contribution in [1.29, 1.82) is 0 Å². The van der Waals surface area contributed by atoms with E-state index >= 15 is 0 Å². The molecule has 0 spiro atoms. The van der Waals surface area contributed by atoms with Crippen LogP contribution >= 0.6 is 0 Å². The lowest BCUT2D eigenvalue weighted by atomic mass is 9.96. The first kappa shape index (κ1) is 9.78. The quantitative estimate of drug-likeness (QED) is 0.633. The fourth-order valence-corrected chi connectivity index (χ4v) is 1.17. The van der Waals surface area contributed by atoms with Crippen LogP contribution in [0.2, 0.25) is 0 Å². The zero-order valence-corrected chi connectivity index (χ0v) is 8.49. The Hall–Kier alpha value is -1.31. The molecule has 1 aromatic rings. The number of hydrogen-bond donors (Lipinski definition) is 0. The number of aromatic nitrogens is 2. The van der Waals surface area contributed by atoms with Gasteiger partial charge >= 0.3 is 0 Å². The van der Waals surface area contributed by atoms with Crippen LogP contribution in [0.5, 0.6) is 0 Å².